The van der Waals surface area contributed by atoms with Crippen molar-refractivity contribution in [3.05, 3.63) is 35.9 Å². The Kier molecular flexibility index (Phi) is 4.72. The van der Waals surface area contributed by atoms with Crippen LogP contribution in [0.2, 0.25) is 0 Å². The molecule has 0 atom stereocenters. The topological polar surface area (TPSA) is 55.1 Å². The number of carbonyl (C=O) groups is 1. The highest BCUT2D eigenvalue weighted by atomic mass is 16.1. The van der Waals surface area contributed by atoms with E-state index in [1.165, 1.54) is 0 Å². The van der Waals surface area contributed by atoms with Crippen molar-refractivity contribution in [2.45, 2.75) is 12.8 Å². The van der Waals surface area contributed by atoms with Crippen molar-refractivity contribution in [2.24, 2.45) is 5.73 Å². The minimum Gasteiger partial charge on any atom is -0.356 e. The Bertz CT molecular complexity index is 272. The van der Waals surface area contributed by atoms with Gasteiger partial charge in [-0.25, -0.2) is 0 Å². The van der Waals surface area contributed by atoms with Crippen molar-refractivity contribution in [2.75, 3.05) is 13.1 Å². The molecule has 3 heteroatoms. The van der Waals surface area contributed by atoms with E-state index in [0.717, 1.165) is 12.0 Å². The van der Waals surface area contributed by atoms with Gasteiger partial charge in [0.2, 0.25) is 5.91 Å². The van der Waals surface area contributed by atoms with E-state index in [1.54, 1.807) is 0 Å². The number of amides is 1. The molecule has 0 bridgehead atoms. The number of nitrogens with one attached hydrogen (secondary N) is 1. The number of carbonyl (C=O) groups excluding carboxylic acids is 1. The van der Waals surface area contributed by atoms with Crippen LogP contribution >= 0.6 is 0 Å². The zero-order valence-corrected chi connectivity index (χ0v) is 8.20. The Morgan fingerprint density at radius 3 is 2.64 bits per heavy atom. The van der Waals surface area contributed by atoms with Gasteiger partial charge in [-0.05, 0) is 18.5 Å². The normalized spacial score (nSPS) is 9.79. The molecule has 0 fully saturated rings. The fourth-order valence-corrected chi connectivity index (χ4v) is 1.17. The third-order valence-corrected chi connectivity index (χ3v) is 1.91. The molecule has 0 unspecified atom stereocenters. The Morgan fingerprint density at radius 1 is 1.29 bits per heavy atom. The SMILES string of the molecule is NCCCNC(=O)Cc1ccccc1. The van der Waals surface area contributed by atoms with Crippen LogP contribution in [-0.4, -0.2) is 19.0 Å². The minimum absolute atomic E-state index is 0.0599. The van der Waals surface area contributed by atoms with Gasteiger partial charge in [0.05, 0.1) is 6.42 Å². The summed E-state index contributed by atoms with van der Waals surface area (Å²) < 4.78 is 0. The van der Waals surface area contributed by atoms with Crippen LogP contribution in [0.25, 0.3) is 0 Å². The van der Waals surface area contributed by atoms with Crippen molar-refractivity contribution < 1.29 is 4.79 Å². The van der Waals surface area contributed by atoms with Gasteiger partial charge in [0.1, 0.15) is 0 Å². The molecule has 0 spiro atoms. The van der Waals surface area contributed by atoms with Crippen molar-refractivity contribution in [3.63, 3.8) is 0 Å². The highest BCUT2D eigenvalue weighted by Crippen LogP contribution is 1.98. The molecule has 0 saturated carbocycles. The first-order valence-electron chi connectivity index (χ1n) is 4.83. The molecule has 3 nitrogen and oxygen atoms in total. The third-order valence-electron chi connectivity index (χ3n) is 1.91. The first kappa shape index (κ1) is 10.7. The zero-order chi connectivity index (χ0) is 10.2. The van der Waals surface area contributed by atoms with Gasteiger partial charge in [-0.1, -0.05) is 30.3 Å². The van der Waals surface area contributed by atoms with E-state index in [2.05, 4.69) is 5.32 Å². The maximum atomic E-state index is 11.3. The van der Waals surface area contributed by atoms with Crippen molar-refractivity contribution in [3.8, 4) is 0 Å². The minimum atomic E-state index is 0.0599. The molecular formula is C11H16N2O. The van der Waals surface area contributed by atoms with Gasteiger partial charge in [-0.3, -0.25) is 4.79 Å². The molecule has 1 rings (SSSR count). The molecule has 1 amide bonds. The summed E-state index contributed by atoms with van der Waals surface area (Å²) in [7, 11) is 0. The predicted octanol–water partition coefficient (Wildman–Crippen LogP) is 0.694. The summed E-state index contributed by atoms with van der Waals surface area (Å²) in [5.74, 6) is 0.0599. The van der Waals surface area contributed by atoms with E-state index in [1.807, 2.05) is 30.3 Å². The van der Waals surface area contributed by atoms with Crippen LogP contribution in [0.1, 0.15) is 12.0 Å². The molecule has 1 aromatic carbocycles. The standard InChI is InChI=1S/C11H16N2O/c12-7-4-8-13-11(14)9-10-5-2-1-3-6-10/h1-3,5-6H,4,7-9,12H2,(H,13,14). The summed E-state index contributed by atoms with van der Waals surface area (Å²) in [5.41, 5.74) is 6.36. The zero-order valence-electron chi connectivity index (χ0n) is 8.20. The van der Waals surface area contributed by atoms with E-state index < -0.39 is 0 Å². The molecule has 0 saturated heterocycles. The van der Waals surface area contributed by atoms with Crippen molar-refractivity contribution in [1.82, 2.24) is 5.32 Å². The molecule has 0 aromatic heterocycles. The first-order chi connectivity index (χ1) is 6.83. The molecule has 0 radical (unpaired) electrons. The fourth-order valence-electron chi connectivity index (χ4n) is 1.17. The predicted molar refractivity (Wildman–Crippen MR) is 56.8 cm³/mol. The lowest BCUT2D eigenvalue weighted by Crippen LogP contribution is -2.27. The molecule has 76 valence electrons. The Balaban J connectivity index is 2.27. The van der Waals surface area contributed by atoms with Crippen LogP contribution in [-0.2, 0) is 11.2 Å². The number of hydrogen-bond donors (Lipinski definition) is 2. The molecule has 0 aliphatic rings. The first-order valence-corrected chi connectivity index (χ1v) is 4.83. The Hall–Kier alpha value is -1.35. The molecule has 0 aliphatic heterocycles. The number of nitrogens with two attached hydrogens (primary N) is 1. The second-order valence-electron chi connectivity index (χ2n) is 3.15. The van der Waals surface area contributed by atoms with E-state index >= 15 is 0 Å². The summed E-state index contributed by atoms with van der Waals surface area (Å²) in [6.07, 6.45) is 1.28. The van der Waals surface area contributed by atoms with Gasteiger partial charge in [0, 0.05) is 6.54 Å². The van der Waals surface area contributed by atoms with Gasteiger partial charge in [-0.2, -0.15) is 0 Å². The highest BCUT2D eigenvalue weighted by Gasteiger charge is 2.00. The average Bonchev–Trinajstić information content (AvgIpc) is 2.20. The van der Waals surface area contributed by atoms with E-state index in [-0.39, 0.29) is 5.91 Å². The van der Waals surface area contributed by atoms with Crippen LogP contribution in [0.15, 0.2) is 30.3 Å². The summed E-state index contributed by atoms with van der Waals surface area (Å²) in [5, 5.41) is 2.81. The molecule has 1 aromatic rings. The third kappa shape index (κ3) is 4.05. The monoisotopic (exact) mass is 192 g/mol. The second kappa shape index (κ2) is 6.16. The summed E-state index contributed by atoms with van der Waals surface area (Å²) >= 11 is 0. The van der Waals surface area contributed by atoms with Crippen LogP contribution < -0.4 is 11.1 Å². The van der Waals surface area contributed by atoms with Crippen molar-refractivity contribution in [1.29, 1.82) is 0 Å². The van der Waals surface area contributed by atoms with Crippen LogP contribution in [0.4, 0.5) is 0 Å². The number of rotatable bonds is 5. The summed E-state index contributed by atoms with van der Waals surface area (Å²) in [4.78, 5) is 11.3. The van der Waals surface area contributed by atoms with Gasteiger partial charge < -0.3 is 11.1 Å². The van der Waals surface area contributed by atoms with Gasteiger partial charge in [-0.15, -0.1) is 0 Å². The van der Waals surface area contributed by atoms with E-state index in [4.69, 9.17) is 5.73 Å². The van der Waals surface area contributed by atoms with Gasteiger partial charge in [0.15, 0.2) is 0 Å². The number of hydrogen-bond acceptors (Lipinski definition) is 2. The second-order valence-corrected chi connectivity index (χ2v) is 3.15. The number of benzene rings is 1. The Morgan fingerprint density at radius 2 is 2.00 bits per heavy atom. The highest BCUT2D eigenvalue weighted by molar-refractivity contribution is 5.78. The largest absolute Gasteiger partial charge is 0.356 e. The maximum absolute atomic E-state index is 11.3. The average molecular weight is 192 g/mol. The van der Waals surface area contributed by atoms with Crippen LogP contribution in [0.5, 0.6) is 0 Å². The lowest BCUT2D eigenvalue weighted by atomic mass is 10.1. The molecule has 0 aliphatic carbocycles. The quantitative estimate of drug-likeness (QED) is 0.674. The summed E-state index contributed by atoms with van der Waals surface area (Å²) in [6, 6.07) is 9.70. The molecule has 3 N–H and O–H groups in total. The molecule has 0 heterocycles. The van der Waals surface area contributed by atoms with E-state index in [0.29, 0.717) is 19.5 Å². The van der Waals surface area contributed by atoms with Gasteiger partial charge in [0.25, 0.3) is 0 Å². The molecular weight excluding hydrogens is 176 g/mol. The summed E-state index contributed by atoms with van der Waals surface area (Å²) in [6.45, 7) is 1.29. The fraction of sp³-hybridized carbons (Fsp3) is 0.364. The van der Waals surface area contributed by atoms with Gasteiger partial charge >= 0.3 is 0 Å². The lowest BCUT2D eigenvalue weighted by Gasteiger charge is -2.03. The smallest absolute Gasteiger partial charge is 0.224 e. The van der Waals surface area contributed by atoms with E-state index in [9.17, 15) is 4.79 Å². The van der Waals surface area contributed by atoms with Crippen molar-refractivity contribution >= 4 is 5.91 Å². The molecule has 14 heavy (non-hydrogen) atoms. The maximum Gasteiger partial charge on any atom is 0.224 e. The Labute approximate surface area is 84.3 Å². The van der Waals surface area contributed by atoms with Crippen LogP contribution in [0.3, 0.4) is 0 Å². The lowest BCUT2D eigenvalue weighted by molar-refractivity contribution is -0.120. The van der Waals surface area contributed by atoms with Crippen LogP contribution in [0, 0.1) is 0 Å².